The third-order valence-electron chi connectivity index (χ3n) is 5.41. The number of nitrogens with one attached hydrogen (secondary N) is 2. The fraction of sp³-hybridized carbons (Fsp3) is 0.348. The van der Waals surface area contributed by atoms with Crippen molar-refractivity contribution in [2.75, 3.05) is 18.5 Å². The summed E-state index contributed by atoms with van der Waals surface area (Å²) in [6.45, 7) is -0.641. The third kappa shape index (κ3) is 4.62. The number of carbonyl (C=O) groups excluding carboxylic acids is 3. The quantitative estimate of drug-likeness (QED) is 0.605. The molecule has 0 bridgehead atoms. The van der Waals surface area contributed by atoms with Crippen LogP contribution in [-0.2, 0) is 19.1 Å². The highest BCUT2D eigenvalue weighted by Crippen LogP contribution is 2.30. The lowest BCUT2D eigenvalue weighted by Gasteiger charge is -2.20. The molecule has 30 heavy (non-hydrogen) atoms. The average molecular weight is 408 g/mol. The summed E-state index contributed by atoms with van der Waals surface area (Å²) < 4.78 is 10.7. The first-order valence-corrected chi connectivity index (χ1v) is 10.2. The highest BCUT2D eigenvalue weighted by Gasteiger charge is 2.21. The van der Waals surface area contributed by atoms with Gasteiger partial charge >= 0.3 is 5.97 Å². The van der Waals surface area contributed by atoms with E-state index in [0.29, 0.717) is 5.69 Å². The number of hydrogen-bond donors (Lipinski definition) is 2. The lowest BCUT2D eigenvalue weighted by molar-refractivity contribution is -0.147. The molecule has 1 fully saturated rings. The zero-order valence-corrected chi connectivity index (χ0v) is 16.6. The lowest BCUT2D eigenvalue weighted by Crippen LogP contribution is -2.36. The Labute approximate surface area is 173 Å². The van der Waals surface area contributed by atoms with Crippen molar-refractivity contribution in [1.29, 1.82) is 0 Å². The maximum atomic E-state index is 12.1. The van der Waals surface area contributed by atoms with Gasteiger partial charge in [0, 0.05) is 22.4 Å². The maximum Gasteiger partial charge on any atom is 0.325 e. The molecule has 1 aliphatic carbocycles. The molecule has 4 rings (SSSR count). The monoisotopic (exact) mass is 408 g/mol. The number of fused-ring (bicyclic) bond motifs is 3. The van der Waals surface area contributed by atoms with Crippen LogP contribution in [0.5, 0.6) is 0 Å². The Bertz CT molecular complexity index is 1080. The molecule has 2 N–H and O–H groups in total. The third-order valence-corrected chi connectivity index (χ3v) is 5.41. The van der Waals surface area contributed by atoms with Gasteiger partial charge in [0.25, 0.3) is 5.91 Å². The zero-order chi connectivity index (χ0) is 20.9. The predicted molar refractivity (Wildman–Crippen MR) is 113 cm³/mol. The lowest BCUT2D eigenvalue weighted by atomic mass is 9.89. The van der Waals surface area contributed by atoms with E-state index < -0.39 is 18.5 Å². The minimum atomic E-state index is -0.634. The number of amides is 2. The van der Waals surface area contributed by atoms with Gasteiger partial charge in [-0.15, -0.1) is 0 Å². The van der Waals surface area contributed by atoms with Gasteiger partial charge in [0.1, 0.15) is 17.7 Å². The molecule has 0 atom stereocenters. The number of ether oxygens (including phenoxy) is 1. The van der Waals surface area contributed by atoms with E-state index in [1.54, 1.807) is 12.1 Å². The number of esters is 1. The summed E-state index contributed by atoms with van der Waals surface area (Å²) >= 11 is 0. The molecule has 1 aromatic heterocycles. The normalized spacial score (nSPS) is 14.5. The van der Waals surface area contributed by atoms with Crippen LogP contribution in [0, 0.1) is 5.92 Å². The summed E-state index contributed by atoms with van der Waals surface area (Å²) in [5, 5.41) is 7.18. The maximum absolute atomic E-state index is 12.1. The Morgan fingerprint density at radius 1 is 0.967 bits per heavy atom. The van der Waals surface area contributed by atoms with Crippen LogP contribution in [0.1, 0.15) is 32.1 Å². The largest absolute Gasteiger partial charge is 0.456 e. The molecule has 0 unspecified atom stereocenters. The Balaban J connectivity index is 1.26. The van der Waals surface area contributed by atoms with E-state index in [1.807, 2.05) is 30.3 Å². The molecule has 156 valence electrons. The van der Waals surface area contributed by atoms with Crippen LogP contribution in [0.2, 0.25) is 0 Å². The van der Waals surface area contributed by atoms with E-state index in [0.717, 1.165) is 54.0 Å². The van der Waals surface area contributed by atoms with E-state index in [9.17, 15) is 14.4 Å². The summed E-state index contributed by atoms with van der Waals surface area (Å²) in [4.78, 5) is 36.0. The Morgan fingerprint density at radius 3 is 2.57 bits per heavy atom. The standard InChI is InChI=1S/C23H24N2O5/c26-21(14-29-22(27)13-24-23(28)15-6-2-1-3-7-15)25-16-10-11-20-18(12-16)17-8-4-5-9-19(17)30-20/h4-5,8-12,15H,1-3,6-7,13-14H2,(H,24,28)(H,25,26). The van der Waals surface area contributed by atoms with Crippen LogP contribution in [0.25, 0.3) is 21.9 Å². The van der Waals surface area contributed by atoms with Crippen molar-refractivity contribution in [3.63, 3.8) is 0 Å². The van der Waals surface area contributed by atoms with Crippen molar-refractivity contribution in [1.82, 2.24) is 5.32 Å². The Hall–Kier alpha value is -3.35. The number of benzene rings is 2. The average Bonchev–Trinajstić information content (AvgIpc) is 3.14. The van der Waals surface area contributed by atoms with Gasteiger partial charge < -0.3 is 19.8 Å². The minimum absolute atomic E-state index is 0.0243. The highest BCUT2D eigenvalue weighted by atomic mass is 16.5. The molecule has 7 nitrogen and oxygen atoms in total. The van der Waals surface area contributed by atoms with E-state index in [2.05, 4.69) is 10.6 Å². The van der Waals surface area contributed by atoms with Gasteiger partial charge in [-0.05, 0) is 37.1 Å². The summed E-state index contributed by atoms with van der Waals surface area (Å²) in [7, 11) is 0. The number of carbonyl (C=O) groups is 3. The highest BCUT2D eigenvalue weighted by molar-refractivity contribution is 6.07. The second-order valence-electron chi connectivity index (χ2n) is 7.57. The number of hydrogen-bond acceptors (Lipinski definition) is 5. The molecule has 1 heterocycles. The topological polar surface area (TPSA) is 97.6 Å². The molecule has 2 amide bonds. The molecule has 0 saturated heterocycles. The van der Waals surface area contributed by atoms with Crippen molar-refractivity contribution in [3.05, 3.63) is 42.5 Å². The fourth-order valence-corrected chi connectivity index (χ4v) is 3.87. The Morgan fingerprint density at radius 2 is 1.73 bits per heavy atom. The van der Waals surface area contributed by atoms with Crippen LogP contribution in [0.4, 0.5) is 5.69 Å². The van der Waals surface area contributed by atoms with Gasteiger partial charge in [-0.2, -0.15) is 0 Å². The zero-order valence-electron chi connectivity index (χ0n) is 16.6. The molecule has 7 heteroatoms. The van der Waals surface area contributed by atoms with Crippen molar-refractivity contribution in [2.45, 2.75) is 32.1 Å². The van der Waals surface area contributed by atoms with Crippen molar-refractivity contribution in [2.24, 2.45) is 5.92 Å². The summed E-state index contributed by atoms with van der Waals surface area (Å²) in [5.41, 5.74) is 2.09. The van der Waals surface area contributed by atoms with E-state index in [-0.39, 0.29) is 18.4 Å². The van der Waals surface area contributed by atoms with Gasteiger partial charge in [0.05, 0.1) is 0 Å². The SMILES string of the molecule is O=C(COC(=O)CNC(=O)C1CCCCC1)Nc1ccc2oc3ccccc3c2c1. The van der Waals surface area contributed by atoms with Crippen molar-refractivity contribution >= 4 is 45.4 Å². The first kappa shape index (κ1) is 19.9. The van der Waals surface area contributed by atoms with Crippen LogP contribution < -0.4 is 10.6 Å². The smallest absolute Gasteiger partial charge is 0.325 e. The predicted octanol–water partition coefficient (Wildman–Crippen LogP) is 3.76. The molecule has 0 spiro atoms. The molecule has 1 aliphatic rings. The molecule has 2 aromatic carbocycles. The van der Waals surface area contributed by atoms with Gasteiger partial charge in [-0.3, -0.25) is 14.4 Å². The van der Waals surface area contributed by atoms with E-state index in [4.69, 9.17) is 9.15 Å². The molecule has 0 aliphatic heterocycles. The van der Waals surface area contributed by atoms with Crippen LogP contribution in [0.15, 0.2) is 46.9 Å². The molecule has 1 saturated carbocycles. The molecule has 3 aromatic rings. The summed E-state index contributed by atoms with van der Waals surface area (Å²) in [6.07, 6.45) is 4.97. The number of rotatable bonds is 6. The second kappa shape index (κ2) is 8.98. The van der Waals surface area contributed by atoms with Gasteiger partial charge in [0.2, 0.25) is 5.91 Å². The fourth-order valence-electron chi connectivity index (χ4n) is 3.87. The number of furan rings is 1. The second-order valence-corrected chi connectivity index (χ2v) is 7.57. The van der Waals surface area contributed by atoms with Gasteiger partial charge in [0.15, 0.2) is 6.61 Å². The van der Waals surface area contributed by atoms with Gasteiger partial charge in [-0.25, -0.2) is 0 Å². The number of anilines is 1. The molecular weight excluding hydrogens is 384 g/mol. The molecular formula is C23H24N2O5. The van der Waals surface area contributed by atoms with E-state index in [1.165, 1.54) is 0 Å². The Kier molecular flexibility index (Phi) is 5.97. The first-order chi connectivity index (χ1) is 14.6. The first-order valence-electron chi connectivity index (χ1n) is 10.2. The van der Waals surface area contributed by atoms with Crippen molar-refractivity contribution in [3.8, 4) is 0 Å². The van der Waals surface area contributed by atoms with Crippen molar-refractivity contribution < 1.29 is 23.5 Å². The van der Waals surface area contributed by atoms with Crippen LogP contribution in [-0.4, -0.2) is 30.9 Å². The van der Waals surface area contributed by atoms with E-state index >= 15 is 0 Å². The summed E-state index contributed by atoms with van der Waals surface area (Å²) in [6, 6.07) is 13.0. The molecule has 0 radical (unpaired) electrons. The van der Waals surface area contributed by atoms with Gasteiger partial charge in [-0.1, -0.05) is 37.5 Å². The number of para-hydroxylation sites is 1. The summed E-state index contributed by atoms with van der Waals surface area (Å²) in [5.74, 6) is -1.22. The van der Waals surface area contributed by atoms with Crippen LogP contribution in [0.3, 0.4) is 0 Å². The van der Waals surface area contributed by atoms with Crippen LogP contribution >= 0.6 is 0 Å². The minimum Gasteiger partial charge on any atom is -0.456 e.